The molecule has 1 saturated heterocycles. The van der Waals surface area contributed by atoms with Crippen LogP contribution >= 0.6 is 0 Å². The summed E-state index contributed by atoms with van der Waals surface area (Å²) in [4.78, 5) is 0. The number of halogens is 2. The fourth-order valence-electron chi connectivity index (χ4n) is 1.65. The van der Waals surface area contributed by atoms with Crippen molar-refractivity contribution < 1.29 is 13.5 Å². The maximum atomic E-state index is 13.2. The number of rotatable bonds is 4. The second kappa shape index (κ2) is 5.25. The summed E-state index contributed by atoms with van der Waals surface area (Å²) in [6.07, 6.45) is 0.986. The predicted octanol–water partition coefficient (Wildman–Crippen LogP) is 2.97. The highest BCUT2D eigenvalue weighted by Crippen LogP contribution is 2.26. The van der Waals surface area contributed by atoms with E-state index in [0.717, 1.165) is 6.42 Å². The molecule has 1 rings (SSSR count). The van der Waals surface area contributed by atoms with E-state index in [1.807, 2.05) is 0 Å². The summed E-state index contributed by atoms with van der Waals surface area (Å²) in [5.41, 5.74) is 0. The van der Waals surface area contributed by atoms with Crippen molar-refractivity contribution in [3.05, 3.63) is 25.3 Å². The molecule has 0 aromatic heterocycles. The molecule has 1 nitrogen and oxygen atoms in total. The first kappa shape index (κ1) is 11.4. The molecule has 0 amide bonds. The standard InChI is InChI=1S/C11H16F2O/c1-3-8(12)10-6-5-7-11(14-10)9(13)4-2/h3-4,8-11H,1-2,5-7H2. The Morgan fingerprint density at radius 3 is 1.86 bits per heavy atom. The summed E-state index contributed by atoms with van der Waals surface area (Å²) >= 11 is 0. The van der Waals surface area contributed by atoms with E-state index < -0.39 is 24.6 Å². The smallest absolute Gasteiger partial charge is 0.144 e. The largest absolute Gasteiger partial charge is 0.368 e. The first-order chi connectivity index (χ1) is 6.69. The maximum absolute atomic E-state index is 13.2. The SMILES string of the molecule is C=CC(F)C1CCCC(C(F)C=C)O1. The minimum absolute atomic E-state index is 0.538. The van der Waals surface area contributed by atoms with Gasteiger partial charge in [-0.3, -0.25) is 0 Å². The van der Waals surface area contributed by atoms with Gasteiger partial charge in [0.2, 0.25) is 0 Å². The van der Waals surface area contributed by atoms with Crippen LogP contribution in [0, 0.1) is 0 Å². The van der Waals surface area contributed by atoms with Crippen LogP contribution in [0.15, 0.2) is 25.3 Å². The zero-order valence-electron chi connectivity index (χ0n) is 8.16. The molecule has 4 atom stereocenters. The Labute approximate surface area is 83.4 Å². The van der Waals surface area contributed by atoms with E-state index in [2.05, 4.69) is 13.2 Å². The van der Waals surface area contributed by atoms with Gasteiger partial charge in [0.05, 0.1) is 12.2 Å². The summed E-state index contributed by atoms with van der Waals surface area (Å²) in [5, 5.41) is 0. The van der Waals surface area contributed by atoms with Gasteiger partial charge >= 0.3 is 0 Å². The molecule has 1 aliphatic heterocycles. The lowest BCUT2D eigenvalue weighted by atomic mass is 9.98. The molecule has 0 aromatic carbocycles. The fourth-order valence-corrected chi connectivity index (χ4v) is 1.65. The molecule has 0 bridgehead atoms. The van der Waals surface area contributed by atoms with Gasteiger partial charge in [0, 0.05) is 0 Å². The number of hydrogen-bond acceptors (Lipinski definition) is 1. The molecule has 1 fully saturated rings. The van der Waals surface area contributed by atoms with Crippen LogP contribution in [0.4, 0.5) is 8.78 Å². The summed E-state index contributed by atoms with van der Waals surface area (Å²) in [6.45, 7) is 6.71. The Morgan fingerprint density at radius 1 is 1.07 bits per heavy atom. The van der Waals surface area contributed by atoms with Gasteiger partial charge in [0.15, 0.2) is 0 Å². The summed E-state index contributed by atoms with van der Waals surface area (Å²) in [6, 6.07) is 0. The van der Waals surface area contributed by atoms with E-state index >= 15 is 0 Å². The van der Waals surface area contributed by atoms with E-state index in [9.17, 15) is 8.78 Å². The average Bonchev–Trinajstić information content (AvgIpc) is 2.27. The third-order valence-corrected chi connectivity index (χ3v) is 2.49. The minimum atomic E-state index is -1.20. The Balaban J connectivity index is 2.50. The van der Waals surface area contributed by atoms with Crippen LogP contribution in [0.25, 0.3) is 0 Å². The summed E-state index contributed by atoms with van der Waals surface area (Å²) < 4.78 is 31.6. The summed E-state index contributed by atoms with van der Waals surface area (Å²) in [7, 11) is 0. The lowest BCUT2D eigenvalue weighted by Crippen LogP contribution is -2.37. The zero-order chi connectivity index (χ0) is 10.6. The van der Waals surface area contributed by atoms with Gasteiger partial charge in [0.1, 0.15) is 12.3 Å². The molecule has 0 N–H and O–H groups in total. The van der Waals surface area contributed by atoms with Crippen LogP contribution in [0.2, 0.25) is 0 Å². The highest BCUT2D eigenvalue weighted by Gasteiger charge is 2.31. The number of hydrogen-bond donors (Lipinski definition) is 0. The molecule has 80 valence electrons. The Hall–Kier alpha value is -0.700. The predicted molar refractivity (Wildman–Crippen MR) is 52.7 cm³/mol. The van der Waals surface area contributed by atoms with Crippen molar-refractivity contribution in [2.24, 2.45) is 0 Å². The van der Waals surface area contributed by atoms with Crippen molar-refractivity contribution in [1.29, 1.82) is 0 Å². The normalized spacial score (nSPS) is 31.9. The summed E-state index contributed by atoms with van der Waals surface area (Å²) in [5.74, 6) is 0. The van der Waals surface area contributed by atoms with Gasteiger partial charge in [-0.25, -0.2) is 8.78 Å². The molecule has 0 saturated carbocycles. The first-order valence-corrected chi connectivity index (χ1v) is 4.87. The fraction of sp³-hybridized carbons (Fsp3) is 0.636. The molecular weight excluding hydrogens is 186 g/mol. The highest BCUT2D eigenvalue weighted by molar-refractivity contribution is 4.93. The van der Waals surface area contributed by atoms with Gasteiger partial charge in [-0.15, -0.1) is 13.2 Å². The molecule has 3 heteroatoms. The van der Waals surface area contributed by atoms with Crippen LogP contribution in [0.3, 0.4) is 0 Å². The number of ether oxygens (including phenoxy) is 1. The quantitative estimate of drug-likeness (QED) is 0.637. The van der Waals surface area contributed by atoms with E-state index in [-0.39, 0.29) is 0 Å². The van der Waals surface area contributed by atoms with E-state index in [0.29, 0.717) is 12.8 Å². The zero-order valence-corrected chi connectivity index (χ0v) is 8.16. The molecule has 0 aliphatic carbocycles. The van der Waals surface area contributed by atoms with Gasteiger partial charge in [-0.05, 0) is 19.3 Å². The Bertz CT molecular complexity index is 185. The van der Waals surface area contributed by atoms with Crippen LogP contribution < -0.4 is 0 Å². The third-order valence-electron chi connectivity index (χ3n) is 2.49. The second-order valence-electron chi connectivity index (χ2n) is 3.50. The molecule has 14 heavy (non-hydrogen) atoms. The van der Waals surface area contributed by atoms with Crippen LogP contribution in [0.5, 0.6) is 0 Å². The third kappa shape index (κ3) is 2.64. The average molecular weight is 202 g/mol. The molecule has 0 radical (unpaired) electrons. The van der Waals surface area contributed by atoms with Gasteiger partial charge in [-0.1, -0.05) is 12.2 Å². The number of alkyl halides is 2. The van der Waals surface area contributed by atoms with Crippen molar-refractivity contribution in [1.82, 2.24) is 0 Å². The molecule has 0 spiro atoms. The van der Waals surface area contributed by atoms with E-state index in [4.69, 9.17) is 4.74 Å². The van der Waals surface area contributed by atoms with Crippen LogP contribution in [-0.2, 0) is 4.74 Å². The molecule has 1 heterocycles. The monoisotopic (exact) mass is 202 g/mol. The second-order valence-corrected chi connectivity index (χ2v) is 3.50. The highest BCUT2D eigenvalue weighted by atomic mass is 19.1. The van der Waals surface area contributed by atoms with Gasteiger partial charge in [-0.2, -0.15) is 0 Å². The lowest BCUT2D eigenvalue weighted by molar-refractivity contribution is -0.0945. The van der Waals surface area contributed by atoms with Crippen LogP contribution in [-0.4, -0.2) is 24.6 Å². The maximum Gasteiger partial charge on any atom is 0.144 e. The Morgan fingerprint density at radius 2 is 1.50 bits per heavy atom. The molecule has 1 aliphatic rings. The van der Waals surface area contributed by atoms with Gasteiger partial charge in [0.25, 0.3) is 0 Å². The topological polar surface area (TPSA) is 9.23 Å². The van der Waals surface area contributed by atoms with E-state index in [1.54, 1.807) is 0 Å². The molecule has 4 unspecified atom stereocenters. The molecule has 0 aromatic rings. The van der Waals surface area contributed by atoms with Crippen molar-refractivity contribution in [2.45, 2.75) is 43.8 Å². The molecular formula is C11H16F2O. The van der Waals surface area contributed by atoms with Crippen molar-refractivity contribution in [3.63, 3.8) is 0 Å². The van der Waals surface area contributed by atoms with Gasteiger partial charge < -0.3 is 4.74 Å². The Kier molecular flexibility index (Phi) is 4.26. The lowest BCUT2D eigenvalue weighted by Gasteiger charge is -2.31. The van der Waals surface area contributed by atoms with Crippen LogP contribution in [0.1, 0.15) is 19.3 Å². The van der Waals surface area contributed by atoms with E-state index in [1.165, 1.54) is 12.2 Å². The minimum Gasteiger partial charge on any atom is -0.368 e. The first-order valence-electron chi connectivity index (χ1n) is 4.87. The van der Waals surface area contributed by atoms with Crippen molar-refractivity contribution in [3.8, 4) is 0 Å². The van der Waals surface area contributed by atoms with Crippen molar-refractivity contribution in [2.75, 3.05) is 0 Å². The van der Waals surface area contributed by atoms with Crippen molar-refractivity contribution >= 4 is 0 Å².